The number of aliphatic hydroxyl groups is 2. The maximum atomic E-state index is 13.3. The van der Waals surface area contributed by atoms with Gasteiger partial charge < -0.3 is 41.0 Å². The molecule has 19 heteroatoms. The van der Waals surface area contributed by atoms with Gasteiger partial charge in [-0.15, -0.1) is 0 Å². The summed E-state index contributed by atoms with van der Waals surface area (Å²) in [5.74, 6) is -2.04. The third-order valence-corrected chi connectivity index (χ3v) is 6.44. The second kappa shape index (κ2) is 22.6. The van der Waals surface area contributed by atoms with Crippen LogP contribution in [0.1, 0.15) is 41.3 Å². The van der Waals surface area contributed by atoms with Gasteiger partial charge in [0, 0.05) is 23.6 Å². The Bertz CT molecular complexity index is 1240. The third-order valence-electron chi connectivity index (χ3n) is 5.88. The average molecular weight is 694 g/mol. The van der Waals surface area contributed by atoms with Crippen LogP contribution >= 0.6 is 23.2 Å². The summed E-state index contributed by atoms with van der Waals surface area (Å²) in [5, 5.41) is 47.6. The molecule has 9 N–H and O–H groups in total. The number of amides is 2. The molecule has 0 fully saturated rings. The van der Waals surface area contributed by atoms with E-state index in [1.807, 2.05) is 12.1 Å². The van der Waals surface area contributed by atoms with Crippen LogP contribution in [-0.4, -0.2) is 99.4 Å². The van der Waals surface area contributed by atoms with Crippen molar-refractivity contribution in [1.29, 1.82) is 0 Å². The average Bonchev–Trinajstić information content (AvgIpc) is 3.48. The van der Waals surface area contributed by atoms with Gasteiger partial charge in [-0.1, -0.05) is 47.9 Å². The second-order valence-corrected chi connectivity index (χ2v) is 10.2. The zero-order chi connectivity index (χ0) is 34.6. The number of hydrogen-bond acceptors (Lipinski definition) is 14. The van der Waals surface area contributed by atoms with Gasteiger partial charge >= 0.3 is 13.3 Å². The molecule has 0 saturated carbocycles. The summed E-state index contributed by atoms with van der Waals surface area (Å²) in [6, 6.07) is 8.79. The Labute approximate surface area is 275 Å². The van der Waals surface area contributed by atoms with Crippen molar-refractivity contribution in [2.75, 3.05) is 33.0 Å². The van der Waals surface area contributed by atoms with Gasteiger partial charge in [0.25, 0.3) is 5.91 Å². The number of benzene rings is 2. The molecule has 2 aromatic rings. The number of fused-ring (bicyclic) bond motifs is 1. The lowest BCUT2D eigenvalue weighted by atomic mass is 9.91. The molecule has 1 aliphatic rings. The first-order chi connectivity index (χ1) is 21.8. The maximum Gasteiger partial charge on any atom is 0.631 e. The smallest absolute Gasteiger partial charge is 0.480 e. The van der Waals surface area contributed by atoms with Crippen LogP contribution in [-0.2, 0) is 37.2 Å². The number of aliphatic hydroxyl groups excluding tert-OH is 2. The largest absolute Gasteiger partial charge is 0.631 e. The third kappa shape index (κ3) is 15.6. The van der Waals surface area contributed by atoms with E-state index in [4.69, 9.17) is 64.0 Å². The maximum absolute atomic E-state index is 13.3. The molecular weight excluding hydrogens is 656 g/mol. The van der Waals surface area contributed by atoms with Crippen molar-refractivity contribution < 1.29 is 64.2 Å². The van der Waals surface area contributed by atoms with E-state index in [0.29, 0.717) is 23.8 Å². The van der Waals surface area contributed by atoms with Crippen LogP contribution in [0, 0.1) is 5.92 Å². The fourth-order valence-corrected chi connectivity index (χ4v) is 4.24. The molecule has 0 spiro atoms. The van der Waals surface area contributed by atoms with Crippen LogP contribution in [0.2, 0.25) is 10.0 Å². The molecule has 0 aliphatic carbocycles. The second-order valence-electron chi connectivity index (χ2n) is 9.40. The predicted octanol–water partition coefficient (Wildman–Crippen LogP) is 0.229. The molecule has 3 rings (SSSR count). The Kier molecular flexibility index (Phi) is 20.2. The number of carbonyl (C=O) groups is 3. The summed E-state index contributed by atoms with van der Waals surface area (Å²) in [6.45, 7) is 2.17. The van der Waals surface area contributed by atoms with Crippen molar-refractivity contribution >= 4 is 48.3 Å². The van der Waals surface area contributed by atoms with Crippen LogP contribution in [0.25, 0.3) is 0 Å². The van der Waals surface area contributed by atoms with E-state index >= 15 is 0 Å². The zero-order valence-electron chi connectivity index (χ0n) is 24.9. The molecule has 0 bridgehead atoms. The van der Waals surface area contributed by atoms with Crippen LogP contribution < -0.4 is 16.3 Å². The van der Waals surface area contributed by atoms with E-state index in [1.54, 1.807) is 19.1 Å². The summed E-state index contributed by atoms with van der Waals surface area (Å²) < 4.78 is 0. The lowest BCUT2D eigenvalue weighted by molar-refractivity contribution is -0.194. The molecule has 16 nitrogen and oxygen atoms in total. The van der Waals surface area contributed by atoms with E-state index in [9.17, 15) is 19.5 Å². The summed E-state index contributed by atoms with van der Waals surface area (Å²) in [6.07, 6.45) is 0.487. The Morgan fingerprint density at radius 1 is 1.07 bits per heavy atom. The Morgan fingerprint density at radius 2 is 1.70 bits per heavy atom. The molecule has 1 heterocycles. The Morgan fingerprint density at radius 3 is 2.26 bits per heavy atom. The molecule has 0 radical (unpaired) electrons. The molecule has 1 aliphatic heterocycles. The van der Waals surface area contributed by atoms with Crippen molar-refractivity contribution in [2.45, 2.75) is 38.8 Å². The SMILES string of the molecule is CCC(=O)N(CC(Cc1ccc2c(c1)OOC2)C[C@@H](N)C(=O)O)C(=O)c1cc(Cl)ccc1Cl.OB(O)O.OCCONOCCO. The predicted molar refractivity (Wildman–Crippen MR) is 164 cm³/mol. The van der Waals surface area contributed by atoms with Gasteiger partial charge in [-0.2, -0.15) is 4.89 Å². The highest BCUT2D eigenvalue weighted by Gasteiger charge is 2.29. The fraction of sp³-hybridized carbons (Fsp3) is 0.444. The minimum Gasteiger partial charge on any atom is -0.480 e. The van der Waals surface area contributed by atoms with Crippen LogP contribution in [0.4, 0.5) is 0 Å². The molecule has 0 saturated heterocycles. The normalized spacial score (nSPS) is 12.7. The molecule has 256 valence electrons. The summed E-state index contributed by atoms with van der Waals surface area (Å²) in [7, 11) is -2.17. The number of nitrogens with zero attached hydrogens (tertiary/aromatic N) is 1. The van der Waals surface area contributed by atoms with Crippen molar-refractivity contribution in [3.63, 3.8) is 0 Å². The van der Waals surface area contributed by atoms with E-state index in [1.165, 1.54) is 12.1 Å². The number of rotatable bonds is 15. The topological polar surface area (TPSA) is 251 Å². The van der Waals surface area contributed by atoms with Gasteiger partial charge in [-0.3, -0.25) is 29.0 Å². The van der Waals surface area contributed by atoms with Gasteiger partial charge in [0.15, 0.2) is 5.75 Å². The van der Waals surface area contributed by atoms with Crippen molar-refractivity contribution in [2.24, 2.45) is 11.7 Å². The number of aliphatic carboxylic acids is 1. The summed E-state index contributed by atoms with van der Waals surface area (Å²) >= 11 is 12.2. The monoisotopic (exact) mass is 693 g/mol. The van der Waals surface area contributed by atoms with Crippen molar-refractivity contribution in [3.8, 4) is 5.75 Å². The number of hydrogen-bond donors (Lipinski definition) is 8. The molecule has 1 unspecified atom stereocenters. The standard InChI is InChI=1S/C23H24Cl2N2O6.C4H11NO4.BH3O3/c1-2-21(28)27(22(29)17-10-16(24)5-6-18(17)25)11-14(8-19(26)23(30)31)7-13-3-4-15-12-32-33-20(15)9-13;6-1-3-8-5-9-4-2-7;2-1(3)4/h3-6,9-10,14,19H,2,7-8,11-12,26H2,1H3,(H,30,31);5-7H,1-4H2;2-4H/t14?,19-;;/m1../s1. The van der Waals surface area contributed by atoms with Crippen LogP contribution in [0.15, 0.2) is 36.4 Å². The van der Waals surface area contributed by atoms with Gasteiger partial charge in [-0.25, -0.2) is 0 Å². The number of halogens is 2. The van der Waals surface area contributed by atoms with Crippen LogP contribution in [0.5, 0.6) is 5.75 Å². The van der Waals surface area contributed by atoms with Crippen molar-refractivity contribution in [3.05, 3.63) is 63.1 Å². The zero-order valence-corrected chi connectivity index (χ0v) is 26.4. The minimum atomic E-state index is -2.17. The number of nitrogens with one attached hydrogen (secondary N) is 1. The molecule has 46 heavy (non-hydrogen) atoms. The number of carboxylic acids is 1. The molecule has 0 aromatic heterocycles. The Hall–Kier alpha value is -2.91. The first kappa shape index (κ1) is 41.1. The number of imide groups is 1. The Balaban J connectivity index is 0.000000685. The highest BCUT2D eigenvalue weighted by Crippen LogP contribution is 2.29. The summed E-state index contributed by atoms with van der Waals surface area (Å²) in [5.41, 5.74) is 9.69. The first-order valence-corrected chi connectivity index (χ1v) is 14.5. The fourth-order valence-electron chi connectivity index (χ4n) is 3.86. The van der Waals surface area contributed by atoms with E-state index in [2.05, 4.69) is 15.3 Å². The van der Waals surface area contributed by atoms with Gasteiger partial charge in [0.05, 0.1) is 37.0 Å². The molecule has 2 aromatic carbocycles. The van der Waals surface area contributed by atoms with Gasteiger partial charge in [0.2, 0.25) is 5.91 Å². The van der Waals surface area contributed by atoms with E-state index < -0.39 is 37.1 Å². The molecule has 2 atom stereocenters. The number of carboxylic acid groups (broad SMARTS) is 1. The number of carbonyl (C=O) groups excluding carboxylic acids is 2. The summed E-state index contributed by atoms with van der Waals surface area (Å²) in [4.78, 5) is 57.5. The lowest BCUT2D eigenvalue weighted by Crippen LogP contribution is -2.43. The van der Waals surface area contributed by atoms with Gasteiger partial charge in [-0.05, 0) is 48.6 Å². The highest BCUT2D eigenvalue weighted by atomic mass is 35.5. The first-order valence-electron chi connectivity index (χ1n) is 13.8. The highest BCUT2D eigenvalue weighted by molar-refractivity contribution is 6.36. The van der Waals surface area contributed by atoms with Gasteiger partial charge in [0.1, 0.15) is 12.6 Å². The minimum absolute atomic E-state index is 0.0379. The lowest BCUT2D eigenvalue weighted by Gasteiger charge is -2.27. The van der Waals surface area contributed by atoms with Crippen LogP contribution in [0.3, 0.4) is 0 Å². The van der Waals surface area contributed by atoms with Crippen molar-refractivity contribution in [1.82, 2.24) is 10.5 Å². The number of nitrogens with two attached hydrogens (primary N) is 1. The molecule has 2 amide bonds. The van der Waals surface area contributed by atoms with E-state index in [-0.39, 0.29) is 56.4 Å². The quantitative estimate of drug-likeness (QED) is 0.0538. The molecular formula is C27H38BCl2N3O13. The van der Waals surface area contributed by atoms with E-state index in [0.717, 1.165) is 16.0 Å².